The summed E-state index contributed by atoms with van der Waals surface area (Å²) in [6.07, 6.45) is 4.95. The van der Waals surface area contributed by atoms with Crippen molar-refractivity contribution < 1.29 is 4.79 Å². The number of fused-ring (bicyclic) bond motifs is 1. The van der Waals surface area contributed by atoms with Crippen LogP contribution in [0.1, 0.15) is 60.5 Å². The number of rotatable bonds is 3. The summed E-state index contributed by atoms with van der Waals surface area (Å²) < 4.78 is 0. The molecule has 1 atom stereocenters. The minimum Gasteiger partial charge on any atom is -0.293 e. The van der Waals surface area contributed by atoms with Crippen molar-refractivity contribution in [2.75, 3.05) is 0 Å². The molecule has 0 spiro atoms. The highest BCUT2D eigenvalue weighted by atomic mass is 16.1. The first-order valence-electron chi connectivity index (χ1n) is 7.94. The van der Waals surface area contributed by atoms with E-state index in [1.165, 1.54) is 0 Å². The van der Waals surface area contributed by atoms with Crippen molar-refractivity contribution in [1.82, 2.24) is 15.0 Å². The van der Waals surface area contributed by atoms with E-state index in [0.29, 0.717) is 0 Å². The van der Waals surface area contributed by atoms with Crippen molar-refractivity contribution in [2.24, 2.45) is 0 Å². The third-order valence-electron chi connectivity index (χ3n) is 4.57. The molecule has 0 saturated heterocycles. The van der Waals surface area contributed by atoms with Crippen LogP contribution in [0.5, 0.6) is 0 Å². The molecule has 0 bridgehead atoms. The third-order valence-corrected chi connectivity index (χ3v) is 4.57. The minimum absolute atomic E-state index is 0.129. The molecule has 2 aromatic heterocycles. The summed E-state index contributed by atoms with van der Waals surface area (Å²) in [5.74, 6) is 0.949. The van der Waals surface area contributed by atoms with Gasteiger partial charge >= 0.3 is 0 Å². The topological polar surface area (TPSA) is 55.7 Å². The minimum atomic E-state index is -0.577. The van der Waals surface area contributed by atoms with E-state index in [1.54, 1.807) is 6.20 Å². The molecule has 0 aromatic carbocycles. The Morgan fingerprint density at radius 3 is 2.77 bits per heavy atom. The lowest BCUT2D eigenvalue weighted by Gasteiger charge is -2.32. The second kappa shape index (κ2) is 5.59. The van der Waals surface area contributed by atoms with Crippen LogP contribution in [0.15, 0.2) is 24.4 Å². The number of carbonyl (C=O) groups excluding carboxylic acids is 1. The first-order valence-corrected chi connectivity index (χ1v) is 7.94. The Morgan fingerprint density at radius 1 is 1.23 bits per heavy atom. The largest absolute Gasteiger partial charge is 0.293 e. The molecule has 0 amide bonds. The van der Waals surface area contributed by atoms with E-state index in [-0.39, 0.29) is 5.78 Å². The smallest absolute Gasteiger partial charge is 0.176 e. The first-order chi connectivity index (χ1) is 10.6. The highest BCUT2D eigenvalue weighted by Gasteiger charge is 2.41. The maximum Gasteiger partial charge on any atom is 0.176 e. The van der Waals surface area contributed by atoms with E-state index < -0.39 is 5.41 Å². The number of ketones is 1. The summed E-state index contributed by atoms with van der Waals surface area (Å²) in [6.45, 7) is 6.13. The van der Waals surface area contributed by atoms with Crippen LogP contribution in [-0.4, -0.2) is 20.7 Å². The second-order valence-corrected chi connectivity index (χ2v) is 6.03. The van der Waals surface area contributed by atoms with E-state index >= 15 is 0 Å². The molecule has 0 aliphatic heterocycles. The summed E-state index contributed by atoms with van der Waals surface area (Å²) in [7, 11) is 0. The Kier molecular flexibility index (Phi) is 3.77. The Labute approximate surface area is 131 Å². The first kappa shape index (κ1) is 14.8. The van der Waals surface area contributed by atoms with Crippen molar-refractivity contribution in [3.63, 3.8) is 0 Å². The number of aromatic nitrogens is 3. The van der Waals surface area contributed by atoms with Gasteiger partial charge in [0.2, 0.25) is 0 Å². The highest BCUT2D eigenvalue weighted by Crippen LogP contribution is 2.36. The second-order valence-electron chi connectivity index (χ2n) is 6.03. The quantitative estimate of drug-likeness (QED) is 0.873. The van der Waals surface area contributed by atoms with Crippen LogP contribution in [0.4, 0.5) is 0 Å². The van der Waals surface area contributed by atoms with Crippen LogP contribution in [-0.2, 0) is 24.7 Å². The van der Waals surface area contributed by atoms with Crippen LogP contribution in [0.25, 0.3) is 0 Å². The zero-order valence-electron chi connectivity index (χ0n) is 13.4. The van der Waals surface area contributed by atoms with Gasteiger partial charge in [-0.05, 0) is 44.4 Å². The van der Waals surface area contributed by atoms with E-state index in [2.05, 4.69) is 21.9 Å². The lowest BCUT2D eigenvalue weighted by atomic mass is 9.71. The number of Topliss-reactive ketones (excluding diaryl/α,β-unsaturated/α-hetero) is 1. The molecule has 4 nitrogen and oxygen atoms in total. The molecule has 0 radical (unpaired) electrons. The highest BCUT2D eigenvalue weighted by molar-refractivity contribution is 6.05. The zero-order chi connectivity index (χ0) is 15.7. The van der Waals surface area contributed by atoms with Crippen LogP contribution in [0, 0.1) is 0 Å². The molecule has 0 fully saturated rings. The van der Waals surface area contributed by atoms with Gasteiger partial charge < -0.3 is 0 Å². The fourth-order valence-corrected chi connectivity index (χ4v) is 3.04. The molecular weight excluding hydrogens is 274 g/mol. The van der Waals surface area contributed by atoms with Gasteiger partial charge in [-0.25, -0.2) is 9.97 Å². The third kappa shape index (κ3) is 2.32. The normalized spacial score (nSPS) is 20.8. The lowest BCUT2D eigenvalue weighted by molar-refractivity contribution is 0.0870. The van der Waals surface area contributed by atoms with E-state index in [9.17, 15) is 4.79 Å². The van der Waals surface area contributed by atoms with Crippen LogP contribution in [0.2, 0.25) is 0 Å². The Morgan fingerprint density at radius 2 is 2.05 bits per heavy atom. The van der Waals surface area contributed by atoms with Gasteiger partial charge in [0, 0.05) is 23.9 Å². The van der Waals surface area contributed by atoms with Crippen molar-refractivity contribution in [2.45, 2.75) is 51.9 Å². The fraction of sp³-hybridized carbons (Fsp3) is 0.444. The number of carbonyl (C=O) groups is 1. The van der Waals surface area contributed by atoms with Gasteiger partial charge in [-0.1, -0.05) is 13.8 Å². The van der Waals surface area contributed by atoms with Gasteiger partial charge in [0.05, 0.1) is 16.8 Å². The molecule has 2 heterocycles. The SMILES string of the molecule is CCc1cc(C2(C)CCc3ncccc3C2=O)nc(CC)n1. The van der Waals surface area contributed by atoms with Gasteiger partial charge in [0.25, 0.3) is 0 Å². The Balaban J connectivity index is 2.10. The molecule has 0 N–H and O–H groups in total. The molecule has 4 heteroatoms. The number of hydrogen-bond acceptors (Lipinski definition) is 4. The van der Waals surface area contributed by atoms with Crippen molar-refractivity contribution in [1.29, 1.82) is 0 Å². The van der Waals surface area contributed by atoms with Crippen molar-refractivity contribution in [3.05, 3.63) is 52.9 Å². The molecule has 22 heavy (non-hydrogen) atoms. The van der Waals surface area contributed by atoms with Gasteiger partial charge in [-0.3, -0.25) is 9.78 Å². The predicted molar refractivity (Wildman–Crippen MR) is 85.0 cm³/mol. The van der Waals surface area contributed by atoms with Crippen LogP contribution >= 0.6 is 0 Å². The molecular formula is C18H21N3O. The maximum absolute atomic E-state index is 13.0. The van der Waals surface area contributed by atoms with E-state index in [4.69, 9.17) is 0 Å². The summed E-state index contributed by atoms with van der Waals surface area (Å²) in [5.41, 5.74) is 2.94. The van der Waals surface area contributed by atoms with Crippen LogP contribution in [0.3, 0.4) is 0 Å². The van der Waals surface area contributed by atoms with Gasteiger partial charge in [0.1, 0.15) is 5.82 Å². The monoisotopic (exact) mass is 295 g/mol. The fourth-order valence-electron chi connectivity index (χ4n) is 3.04. The molecule has 0 saturated carbocycles. The number of hydrogen-bond donors (Lipinski definition) is 0. The van der Waals surface area contributed by atoms with Gasteiger partial charge in [-0.15, -0.1) is 0 Å². The number of nitrogens with zero attached hydrogens (tertiary/aromatic N) is 3. The number of pyridine rings is 1. The number of aryl methyl sites for hydroxylation is 3. The molecule has 3 rings (SSSR count). The standard InChI is InChI=1S/C18H21N3O/c1-4-12-11-15(21-16(5-2)20-12)18(3)9-8-14-13(17(18)22)7-6-10-19-14/h6-7,10-11H,4-5,8-9H2,1-3H3. The van der Waals surface area contributed by atoms with Crippen molar-refractivity contribution >= 4 is 5.78 Å². The molecule has 2 aromatic rings. The van der Waals surface area contributed by atoms with Gasteiger partial charge in [-0.2, -0.15) is 0 Å². The molecule has 114 valence electrons. The van der Waals surface area contributed by atoms with E-state index in [1.807, 2.05) is 32.0 Å². The summed E-state index contributed by atoms with van der Waals surface area (Å²) in [4.78, 5) is 26.6. The Bertz CT molecular complexity index is 704. The summed E-state index contributed by atoms with van der Waals surface area (Å²) >= 11 is 0. The zero-order valence-corrected chi connectivity index (χ0v) is 13.4. The van der Waals surface area contributed by atoms with Crippen molar-refractivity contribution in [3.8, 4) is 0 Å². The molecule has 1 unspecified atom stereocenters. The lowest BCUT2D eigenvalue weighted by Crippen LogP contribution is -2.39. The Hall–Kier alpha value is -2.10. The van der Waals surface area contributed by atoms with E-state index in [0.717, 1.165) is 54.2 Å². The predicted octanol–water partition coefficient (Wildman–Crippen LogP) is 3.08. The van der Waals surface area contributed by atoms with Gasteiger partial charge in [0.15, 0.2) is 5.78 Å². The summed E-state index contributed by atoms with van der Waals surface area (Å²) in [5, 5.41) is 0. The average molecular weight is 295 g/mol. The molecule has 1 aliphatic rings. The average Bonchev–Trinajstić information content (AvgIpc) is 2.58. The summed E-state index contributed by atoms with van der Waals surface area (Å²) in [6, 6.07) is 5.71. The van der Waals surface area contributed by atoms with Crippen LogP contribution < -0.4 is 0 Å². The maximum atomic E-state index is 13.0. The molecule has 1 aliphatic carbocycles.